The maximum absolute atomic E-state index is 12.5. The first-order chi connectivity index (χ1) is 11.7. The van der Waals surface area contributed by atoms with Crippen LogP contribution in [0.2, 0.25) is 0 Å². The van der Waals surface area contributed by atoms with Crippen molar-refractivity contribution in [1.82, 2.24) is 4.90 Å². The lowest BCUT2D eigenvalue weighted by Crippen LogP contribution is -2.69. The zero-order chi connectivity index (χ0) is 18.8. The average molecular weight is 478 g/mol. The number of hydrogen-bond donors (Lipinski definition) is 0. The molecule has 1 unspecified atom stereocenters. The Bertz CT molecular complexity index is 731. The summed E-state index contributed by atoms with van der Waals surface area (Å²) in [5.74, 6) is -1.38. The molecule has 0 N–H and O–H groups in total. The van der Waals surface area contributed by atoms with Gasteiger partial charge < -0.3 is 4.74 Å². The van der Waals surface area contributed by atoms with Gasteiger partial charge in [-0.3, -0.25) is 14.5 Å². The highest BCUT2D eigenvalue weighted by Crippen LogP contribution is 2.47. The molecule has 0 saturated carbocycles. The van der Waals surface area contributed by atoms with Gasteiger partial charge in [0, 0.05) is 0 Å². The van der Waals surface area contributed by atoms with E-state index in [0.29, 0.717) is 5.57 Å². The lowest BCUT2D eigenvalue weighted by molar-refractivity contribution is -0.775. The Labute approximate surface area is 160 Å². The van der Waals surface area contributed by atoms with Crippen LogP contribution in [0.25, 0.3) is 0 Å². The highest BCUT2D eigenvalue weighted by Gasteiger charge is 2.63. The number of β-lactam (4-membered cyclic amide) rings is 1. The minimum atomic E-state index is -1.48. The van der Waals surface area contributed by atoms with E-state index in [-0.39, 0.29) is 12.3 Å². The third-order valence-corrected chi connectivity index (χ3v) is 4.82. The van der Waals surface area contributed by atoms with Crippen LogP contribution in [0.1, 0.15) is 19.4 Å². The Morgan fingerprint density at radius 3 is 2.44 bits per heavy atom. The highest BCUT2D eigenvalue weighted by atomic mass is 79.9. The Morgan fingerprint density at radius 1 is 1.32 bits per heavy atom. The maximum atomic E-state index is 12.5. The standard InChI is InChI=1S/C15H14Br2N2O6/c1-9(2)11(12(20)24-8-10-6-4-3-5-7-10)18-13(21)15(16,17)14(18)25-19(22)23/h3-7,14H,8H2,1-2H3. The van der Waals surface area contributed by atoms with Crippen LogP contribution in [0.3, 0.4) is 0 Å². The van der Waals surface area contributed by atoms with Gasteiger partial charge in [0.25, 0.3) is 11.0 Å². The molecule has 1 aromatic rings. The first-order valence-electron chi connectivity index (χ1n) is 7.07. The number of nitrogens with zero attached hydrogens (tertiary/aromatic N) is 2. The molecule has 1 saturated heterocycles. The molecule has 25 heavy (non-hydrogen) atoms. The van der Waals surface area contributed by atoms with Crippen molar-refractivity contribution in [2.24, 2.45) is 0 Å². The summed E-state index contributed by atoms with van der Waals surface area (Å²) < 4.78 is 3.75. The van der Waals surface area contributed by atoms with Gasteiger partial charge in [-0.2, -0.15) is 0 Å². The second-order valence-electron chi connectivity index (χ2n) is 5.39. The lowest BCUT2D eigenvalue weighted by Gasteiger charge is -2.48. The third kappa shape index (κ3) is 4.01. The number of rotatable bonds is 6. The number of alkyl halides is 2. The lowest BCUT2D eigenvalue weighted by atomic mass is 10.1. The number of likely N-dealkylation sites (tertiary alicyclic amines) is 1. The van der Waals surface area contributed by atoms with E-state index in [1.54, 1.807) is 38.1 Å². The number of hydrogen-bond acceptors (Lipinski definition) is 6. The van der Waals surface area contributed by atoms with Crippen molar-refractivity contribution in [3.63, 3.8) is 0 Å². The molecule has 1 aromatic carbocycles. The van der Waals surface area contributed by atoms with Crippen molar-refractivity contribution in [2.75, 3.05) is 0 Å². The first kappa shape index (κ1) is 19.4. The van der Waals surface area contributed by atoms with Crippen LogP contribution < -0.4 is 0 Å². The van der Waals surface area contributed by atoms with Crippen molar-refractivity contribution >= 4 is 43.7 Å². The Kier molecular flexibility index (Phi) is 5.83. The molecule has 0 spiro atoms. The monoisotopic (exact) mass is 476 g/mol. The minimum Gasteiger partial charge on any atom is -0.456 e. The molecule has 1 fully saturated rings. The van der Waals surface area contributed by atoms with Gasteiger partial charge in [0.2, 0.25) is 9.46 Å². The Balaban J connectivity index is 2.20. The molecule has 1 atom stereocenters. The fourth-order valence-corrected chi connectivity index (χ4v) is 3.18. The van der Waals surface area contributed by atoms with Gasteiger partial charge in [-0.1, -0.05) is 62.2 Å². The smallest absolute Gasteiger partial charge is 0.355 e. The molecule has 1 amide bonds. The van der Waals surface area contributed by atoms with E-state index in [2.05, 4.69) is 36.7 Å². The molecular formula is C15H14Br2N2O6. The molecule has 0 bridgehead atoms. The van der Waals surface area contributed by atoms with Crippen molar-refractivity contribution < 1.29 is 24.3 Å². The summed E-state index contributed by atoms with van der Waals surface area (Å²) in [6.07, 6.45) is -1.34. The van der Waals surface area contributed by atoms with Crippen LogP contribution in [0.5, 0.6) is 0 Å². The van der Waals surface area contributed by atoms with Gasteiger partial charge in [0.15, 0.2) is 0 Å². The van der Waals surface area contributed by atoms with Gasteiger partial charge in [-0.05, 0) is 25.0 Å². The molecule has 0 aromatic heterocycles. The van der Waals surface area contributed by atoms with Gasteiger partial charge in [-0.25, -0.2) is 4.79 Å². The molecule has 0 aliphatic carbocycles. The molecule has 0 radical (unpaired) electrons. The summed E-state index contributed by atoms with van der Waals surface area (Å²) in [6.45, 7) is 3.20. The highest BCUT2D eigenvalue weighted by molar-refractivity contribution is 9.26. The number of amides is 1. The molecule has 134 valence electrons. The van der Waals surface area contributed by atoms with Crippen LogP contribution in [0, 0.1) is 10.1 Å². The molecule has 1 heterocycles. The predicted molar refractivity (Wildman–Crippen MR) is 93.9 cm³/mol. The summed E-state index contributed by atoms with van der Waals surface area (Å²) in [6, 6.07) is 9.00. The number of benzene rings is 1. The third-order valence-electron chi connectivity index (χ3n) is 3.36. The van der Waals surface area contributed by atoms with Crippen LogP contribution in [0.4, 0.5) is 0 Å². The fraction of sp³-hybridized carbons (Fsp3) is 0.333. The van der Waals surface area contributed by atoms with E-state index in [1.807, 2.05) is 6.07 Å². The van der Waals surface area contributed by atoms with Crippen molar-refractivity contribution in [3.05, 3.63) is 57.3 Å². The fourth-order valence-electron chi connectivity index (χ4n) is 2.22. The number of carbonyl (C=O) groups excluding carboxylic acids is 2. The van der Waals surface area contributed by atoms with Gasteiger partial charge in [0.1, 0.15) is 12.3 Å². The van der Waals surface area contributed by atoms with E-state index in [1.165, 1.54) is 0 Å². The number of carbonyl (C=O) groups is 2. The van der Waals surface area contributed by atoms with Crippen LogP contribution in [0.15, 0.2) is 41.6 Å². The quantitative estimate of drug-likeness (QED) is 0.156. The van der Waals surface area contributed by atoms with Crippen LogP contribution in [-0.2, 0) is 25.8 Å². The van der Waals surface area contributed by atoms with Crippen LogP contribution in [-0.4, -0.2) is 31.3 Å². The second-order valence-corrected chi connectivity index (χ2v) is 8.96. The van der Waals surface area contributed by atoms with Gasteiger partial charge in [0.05, 0.1) is 0 Å². The minimum absolute atomic E-state index is 0.00696. The van der Waals surface area contributed by atoms with E-state index in [0.717, 1.165) is 10.5 Å². The predicted octanol–water partition coefficient (Wildman–Crippen LogP) is 2.89. The Morgan fingerprint density at radius 2 is 1.92 bits per heavy atom. The van der Waals surface area contributed by atoms with Gasteiger partial charge >= 0.3 is 5.97 Å². The van der Waals surface area contributed by atoms with Crippen molar-refractivity contribution in [3.8, 4) is 0 Å². The summed E-state index contributed by atoms with van der Waals surface area (Å²) in [5.41, 5.74) is 1.13. The zero-order valence-electron chi connectivity index (χ0n) is 13.3. The largest absolute Gasteiger partial charge is 0.456 e. The van der Waals surface area contributed by atoms with Crippen molar-refractivity contribution in [1.29, 1.82) is 0 Å². The SMILES string of the molecule is CC(C)=C(C(=O)OCc1ccccc1)N1C(=O)C(Br)(Br)C1O[N+](=O)[O-]. The first-order valence-corrected chi connectivity index (χ1v) is 8.66. The van der Waals surface area contributed by atoms with Crippen LogP contribution >= 0.6 is 31.9 Å². The number of allylic oxidation sites excluding steroid dienone is 1. The van der Waals surface area contributed by atoms with E-state index < -0.39 is 26.4 Å². The Hall–Kier alpha value is -1.94. The number of halogens is 2. The summed E-state index contributed by atoms with van der Waals surface area (Å²) in [5, 5.41) is 9.66. The number of esters is 1. The molecule has 2 rings (SSSR count). The zero-order valence-corrected chi connectivity index (χ0v) is 16.4. The van der Waals surface area contributed by atoms with Crippen molar-refractivity contribution in [2.45, 2.75) is 29.9 Å². The normalized spacial score (nSPS) is 18.2. The maximum Gasteiger partial charge on any atom is 0.355 e. The second kappa shape index (κ2) is 7.52. The van der Waals surface area contributed by atoms with E-state index in [4.69, 9.17) is 4.74 Å². The number of ether oxygens (including phenoxy) is 1. The molecular weight excluding hydrogens is 464 g/mol. The molecule has 8 nitrogen and oxygen atoms in total. The molecule has 10 heteroatoms. The van der Waals surface area contributed by atoms with E-state index >= 15 is 0 Å². The van der Waals surface area contributed by atoms with Gasteiger partial charge in [-0.15, -0.1) is 10.1 Å². The average Bonchev–Trinajstić information content (AvgIpc) is 2.56. The summed E-state index contributed by atoms with van der Waals surface area (Å²) in [4.78, 5) is 40.8. The molecule has 1 aliphatic heterocycles. The summed E-state index contributed by atoms with van der Waals surface area (Å²) in [7, 11) is 0. The van der Waals surface area contributed by atoms with E-state index in [9.17, 15) is 19.7 Å². The summed E-state index contributed by atoms with van der Waals surface area (Å²) >= 11 is 6.06. The topological polar surface area (TPSA) is 99.0 Å². The molecule has 1 aliphatic rings.